The normalized spacial score (nSPS) is 16.9. The number of anilines is 1. The van der Waals surface area contributed by atoms with E-state index >= 15 is 0 Å². The van der Waals surface area contributed by atoms with Crippen LogP contribution < -0.4 is 5.73 Å². The molecule has 0 saturated heterocycles. The Morgan fingerprint density at radius 3 is 2.93 bits per heavy atom. The van der Waals surface area contributed by atoms with Gasteiger partial charge in [0.05, 0.1) is 19.3 Å². The highest BCUT2D eigenvalue weighted by atomic mass is 16.5. The minimum atomic E-state index is 0.504. The van der Waals surface area contributed by atoms with Crippen LogP contribution in [0.4, 0.5) is 5.82 Å². The third-order valence-electron chi connectivity index (χ3n) is 2.71. The van der Waals surface area contributed by atoms with Crippen molar-refractivity contribution in [2.24, 2.45) is 0 Å². The van der Waals surface area contributed by atoms with Gasteiger partial charge in [0.1, 0.15) is 5.82 Å². The van der Waals surface area contributed by atoms with Gasteiger partial charge in [-0.25, -0.2) is 0 Å². The summed E-state index contributed by atoms with van der Waals surface area (Å²) in [7, 11) is 0. The SMILES string of the molecule is Cc1cn(CCOC2CCC2)nc1N. The second kappa shape index (κ2) is 4.00. The zero-order chi connectivity index (χ0) is 9.97. The van der Waals surface area contributed by atoms with Gasteiger partial charge in [0.15, 0.2) is 0 Å². The molecule has 2 N–H and O–H groups in total. The molecular formula is C10H17N3O. The number of aromatic nitrogens is 2. The molecule has 0 bridgehead atoms. The Morgan fingerprint density at radius 1 is 1.64 bits per heavy atom. The van der Waals surface area contributed by atoms with Crippen LogP contribution in [-0.4, -0.2) is 22.5 Å². The first-order valence-corrected chi connectivity index (χ1v) is 5.17. The highest BCUT2D eigenvalue weighted by Crippen LogP contribution is 2.21. The van der Waals surface area contributed by atoms with Gasteiger partial charge in [-0.15, -0.1) is 0 Å². The number of nitrogens with two attached hydrogens (primary N) is 1. The topological polar surface area (TPSA) is 53.1 Å². The molecule has 0 atom stereocenters. The number of rotatable bonds is 4. The Labute approximate surface area is 84.0 Å². The number of ether oxygens (including phenoxy) is 1. The monoisotopic (exact) mass is 195 g/mol. The van der Waals surface area contributed by atoms with E-state index in [4.69, 9.17) is 10.5 Å². The summed E-state index contributed by atoms with van der Waals surface area (Å²) in [6.45, 7) is 3.51. The highest BCUT2D eigenvalue weighted by molar-refractivity contribution is 5.35. The maximum Gasteiger partial charge on any atom is 0.148 e. The average molecular weight is 195 g/mol. The molecule has 0 spiro atoms. The largest absolute Gasteiger partial charge is 0.382 e. The number of nitrogen functional groups attached to an aromatic ring is 1. The predicted molar refractivity (Wildman–Crippen MR) is 55.0 cm³/mol. The van der Waals surface area contributed by atoms with Crippen LogP contribution in [0.1, 0.15) is 24.8 Å². The van der Waals surface area contributed by atoms with Crippen molar-refractivity contribution >= 4 is 5.82 Å². The molecule has 2 rings (SSSR count). The molecule has 1 aromatic rings. The van der Waals surface area contributed by atoms with Gasteiger partial charge in [-0.3, -0.25) is 4.68 Å². The second-order valence-corrected chi connectivity index (χ2v) is 3.88. The molecule has 1 aliphatic carbocycles. The molecule has 4 nitrogen and oxygen atoms in total. The van der Waals surface area contributed by atoms with Crippen molar-refractivity contribution in [2.75, 3.05) is 12.3 Å². The molecule has 1 aromatic heterocycles. The summed E-state index contributed by atoms with van der Waals surface area (Å²) in [5, 5.41) is 4.17. The van der Waals surface area contributed by atoms with Crippen LogP contribution in [0.5, 0.6) is 0 Å². The highest BCUT2D eigenvalue weighted by Gasteiger charge is 2.17. The summed E-state index contributed by atoms with van der Waals surface area (Å²) in [5.41, 5.74) is 6.67. The van der Waals surface area contributed by atoms with E-state index in [2.05, 4.69) is 5.10 Å². The lowest BCUT2D eigenvalue weighted by Crippen LogP contribution is -2.23. The molecule has 0 unspecified atom stereocenters. The van der Waals surface area contributed by atoms with Gasteiger partial charge in [0.2, 0.25) is 0 Å². The van der Waals surface area contributed by atoms with Crippen molar-refractivity contribution in [2.45, 2.75) is 38.8 Å². The molecular weight excluding hydrogens is 178 g/mol. The lowest BCUT2D eigenvalue weighted by atomic mass is 9.96. The quantitative estimate of drug-likeness (QED) is 0.788. The third kappa shape index (κ3) is 2.07. The van der Waals surface area contributed by atoms with Gasteiger partial charge < -0.3 is 10.5 Å². The summed E-state index contributed by atoms with van der Waals surface area (Å²) >= 11 is 0. The van der Waals surface area contributed by atoms with Gasteiger partial charge in [0.25, 0.3) is 0 Å². The minimum Gasteiger partial charge on any atom is -0.382 e. The molecule has 14 heavy (non-hydrogen) atoms. The van der Waals surface area contributed by atoms with E-state index in [0.717, 1.165) is 18.7 Å². The van der Waals surface area contributed by atoms with Crippen LogP contribution in [0.15, 0.2) is 6.20 Å². The predicted octanol–water partition coefficient (Wildman–Crippen LogP) is 1.34. The molecule has 1 aliphatic rings. The summed E-state index contributed by atoms with van der Waals surface area (Å²) in [6, 6.07) is 0. The van der Waals surface area contributed by atoms with Crippen molar-refractivity contribution in [3.05, 3.63) is 11.8 Å². The molecule has 4 heteroatoms. The van der Waals surface area contributed by atoms with Gasteiger partial charge in [0, 0.05) is 11.8 Å². The van der Waals surface area contributed by atoms with Crippen LogP contribution in [0.25, 0.3) is 0 Å². The van der Waals surface area contributed by atoms with Gasteiger partial charge in [-0.1, -0.05) is 0 Å². The zero-order valence-corrected chi connectivity index (χ0v) is 8.57. The molecule has 1 heterocycles. The fourth-order valence-electron chi connectivity index (χ4n) is 1.50. The molecule has 0 radical (unpaired) electrons. The number of nitrogens with zero attached hydrogens (tertiary/aromatic N) is 2. The second-order valence-electron chi connectivity index (χ2n) is 3.88. The maximum atomic E-state index is 5.64. The van der Waals surface area contributed by atoms with Crippen molar-refractivity contribution in [1.82, 2.24) is 9.78 Å². The fourth-order valence-corrected chi connectivity index (χ4v) is 1.50. The van der Waals surface area contributed by atoms with Crippen LogP contribution in [0, 0.1) is 6.92 Å². The van der Waals surface area contributed by atoms with Crippen molar-refractivity contribution in [3.8, 4) is 0 Å². The van der Waals surface area contributed by atoms with Crippen LogP contribution in [-0.2, 0) is 11.3 Å². The first-order valence-electron chi connectivity index (χ1n) is 5.17. The van der Waals surface area contributed by atoms with Crippen molar-refractivity contribution in [3.63, 3.8) is 0 Å². The van der Waals surface area contributed by atoms with Crippen LogP contribution >= 0.6 is 0 Å². The van der Waals surface area contributed by atoms with Gasteiger partial charge >= 0.3 is 0 Å². The number of hydrogen-bond acceptors (Lipinski definition) is 3. The summed E-state index contributed by atoms with van der Waals surface area (Å²) < 4.78 is 7.48. The lowest BCUT2D eigenvalue weighted by molar-refractivity contribution is -0.00232. The van der Waals surface area contributed by atoms with Crippen LogP contribution in [0.2, 0.25) is 0 Å². The minimum absolute atomic E-state index is 0.504. The standard InChI is InChI=1S/C10H17N3O/c1-8-7-13(12-10(8)11)5-6-14-9-3-2-4-9/h7,9H,2-6H2,1H3,(H2,11,12). The molecule has 78 valence electrons. The molecule has 0 aromatic carbocycles. The van der Waals surface area contributed by atoms with E-state index in [1.807, 2.05) is 17.8 Å². The van der Waals surface area contributed by atoms with Crippen LogP contribution in [0.3, 0.4) is 0 Å². The average Bonchev–Trinajstić information content (AvgIpc) is 2.37. The zero-order valence-electron chi connectivity index (χ0n) is 8.57. The van der Waals surface area contributed by atoms with E-state index in [1.165, 1.54) is 19.3 Å². The lowest BCUT2D eigenvalue weighted by Gasteiger charge is -2.25. The Kier molecular flexibility index (Phi) is 2.72. The first-order chi connectivity index (χ1) is 6.75. The molecule has 0 amide bonds. The number of aryl methyl sites for hydroxylation is 1. The molecule has 1 saturated carbocycles. The van der Waals surface area contributed by atoms with E-state index in [0.29, 0.717) is 11.9 Å². The number of hydrogen-bond donors (Lipinski definition) is 1. The Balaban J connectivity index is 1.74. The van der Waals surface area contributed by atoms with Gasteiger partial charge in [-0.05, 0) is 26.2 Å². The van der Waals surface area contributed by atoms with E-state index in [9.17, 15) is 0 Å². The third-order valence-corrected chi connectivity index (χ3v) is 2.71. The van der Waals surface area contributed by atoms with E-state index < -0.39 is 0 Å². The van der Waals surface area contributed by atoms with E-state index in [-0.39, 0.29) is 0 Å². The first kappa shape index (κ1) is 9.52. The van der Waals surface area contributed by atoms with Gasteiger partial charge in [-0.2, -0.15) is 5.10 Å². The summed E-state index contributed by atoms with van der Waals surface area (Å²) in [6.07, 6.45) is 6.22. The summed E-state index contributed by atoms with van der Waals surface area (Å²) in [4.78, 5) is 0. The fraction of sp³-hybridized carbons (Fsp3) is 0.700. The van der Waals surface area contributed by atoms with E-state index in [1.54, 1.807) is 0 Å². The molecule has 1 fully saturated rings. The van der Waals surface area contributed by atoms with Crippen molar-refractivity contribution < 1.29 is 4.74 Å². The molecule has 0 aliphatic heterocycles. The Bertz CT molecular complexity index is 285. The summed E-state index contributed by atoms with van der Waals surface area (Å²) in [5.74, 6) is 0.619. The Morgan fingerprint density at radius 2 is 2.43 bits per heavy atom. The smallest absolute Gasteiger partial charge is 0.148 e. The van der Waals surface area contributed by atoms with Crippen molar-refractivity contribution in [1.29, 1.82) is 0 Å². The Hall–Kier alpha value is -1.03. The maximum absolute atomic E-state index is 5.64.